The predicted octanol–water partition coefficient (Wildman–Crippen LogP) is -2.98. The second-order valence-corrected chi connectivity index (χ2v) is 3.55. The molecule has 4 atom stereocenters. The molecule has 1 aliphatic heterocycles. The molecule has 0 aliphatic carbocycles. The lowest BCUT2D eigenvalue weighted by Gasteiger charge is -2.15. The molecule has 1 fully saturated rings. The van der Waals surface area contributed by atoms with Crippen LogP contribution >= 0.6 is 0 Å². The fraction of sp³-hybridized carbons (Fsp3) is 0.625. The van der Waals surface area contributed by atoms with Gasteiger partial charge in [0.25, 0.3) is 0 Å². The fourth-order valence-electron chi connectivity index (χ4n) is 1.52. The van der Waals surface area contributed by atoms with Gasteiger partial charge in [0.15, 0.2) is 6.23 Å². The van der Waals surface area contributed by atoms with E-state index in [0.29, 0.717) is 0 Å². The molecule has 0 radical (unpaired) electrons. The molecule has 9 nitrogen and oxygen atoms in total. The van der Waals surface area contributed by atoms with Crippen molar-refractivity contribution in [3.8, 4) is 0 Å². The maximum absolute atomic E-state index is 10.9. The molecule has 17 heavy (non-hydrogen) atoms. The van der Waals surface area contributed by atoms with Gasteiger partial charge < -0.3 is 25.4 Å². The number of nitrogens with one attached hydrogen (secondary N) is 2. The highest BCUT2D eigenvalue weighted by atomic mass is 16.6. The molecule has 94 valence electrons. The van der Waals surface area contributed by atoms with Gasteiger partial charge in [-0.15, -0.1) is 0 Å². The van der Waals surface area contributed by atoms with Crippen molar-refractivity contribution >= 4 is 5.95 Å². The number of H-pyrrole nitrogens is 1. The van der Waals surface area contributed by atoms with Crippen molar-refractivity contribution in [3.63, 3.8) is 0 Å². The monoisotopic (exact) mass is 244 g/mol. The van der Waals surface area contributed by atoms with Gasteiger partial charge in [-0.05, 0) is 0 Å². The summed E-state index contributed by atoms with van der Waals surface area (Å²) in [6.07, 6.45) is -3.18. The Morgan fingerprint density at radius 2 is 2.24 bits per heavy atom. The van der Waals surface area contributed by atoms with E-state index in [1.807, 2.05) is 0 Å². The third kappa shape index (κ3) is 2.42. The second-order valence-electron chi connectivity index (χ2n) is 3.55. The predicted molar refractivity (Wildman–Crippen MR) is 54.0 cm³/mol. The first-order chi connectivity index (χ1) is 8.11. The minimum Gasteiger partial charge on any atom is -0.394 e. The van der Waals surface area contributed by atoms with Crippen molar-refractivity contribution < 1.29 is 20.1 Å². The molecule has 1 saturated heterocycles. The van der Waals surface area contributed by atoms with Gasteiger partial charge in [0.05, 0.1) is 6.61 Å². The third-order valence-corrected chi connectivity index (χ3v) is 2.40. The van der Waals surface area contributed by atoms with Gasteiger partial charge in [-0.25, -0.2) is 9.78 Å². The summed E-state index contributed by atoms with van der Waals surface area (Å²) in [5, 5.41) is 30.5. The molecule has 0 spiro atoms. The van der Waals surface area contributed by atoms with E-state index < -0.39 is 36.8 Å². The highest BCUT2D eigenvalue weighted by Gasteiger charge is 2.42. The van der Waals surface area contributed by atoms with Gasteiger partial charge in [0, 0.05) is 0 Å². The fourth-order valence-corrected chi connectivity index (χ4v) is 1.52. The number of rotatable bonds is 3. The van der Waals surface area contributed by atoms with Crippen molar-refractivity contribution in [2.24, 2.45) is 0 Å². The van der Waals surface area contributed by atoms with Crippen LogP contribution in [0.4, 0.5) is 5.95 Å². The van der Waals surface area contributed by atoms with Crippen molar-refractivity contribution in [1.82, 2.24) is 15.0 Å². The van der Waals surface area contributed by atoms with E-state index in [4.69, 9.17) is 9.84 Å². The molecule has 5 N–H and O–H groups in total. The van der Waals surface area contributed by atoms with Crippen LogP contribution in [0.3, 0.4) is 0 Å². The highest BCUT2D eigenvalue weighted by Crippen LogP contribution is 2.21. The summed E-state index contributed by atoms with van der Waals surface area (Å²) >= 11 is 0. The quantitative estimate of drug-likeness (QED) is 0.379. The average Bonchev–Trinajstić information content (AvgIpc) is 2.57. The molecule has 0 saturated carbocycles. The molecule has 0 bridgehead atoms. The molecule has 1 aliphatic rings. The zero-order valence-corrected chi connectivity index (χ0v) is 8.65. The van der Waals surface area contributed by atoms with E-state index in [2.05, 4.69) is 20.3 Å². The Kier molecular flexibility index (Phi) is 3.33. The highest BCUT2D eigenvalue weighted by molar-refractivity contribution is 5.23. The molecule has 0 amide bonds. The average molecular weight is 244 g/mol. The maximum atomic E-state index is 10.9. The van der Waals surface area contributed by atoms with Gasteiger partial charge in [0.1, 0.15) is 24.6 Å². The molecule has 1 aromatic heterocycles. The van der Waals surface area contributed by atoms with E-state index in [0.717, 1.165) is 6.33 Å². The standard InChI is InChI=1S/C8H12N4O5/c13-1-3-4(14)5(15)6(17-3)11-7-9-2-10-8(16)12-7/h2-6,13-15H,1H2,(H2,9,10,11,12,16)/t3-,4-,5+,6?/m1/s1. The zero-order valence-electron chi connectivity index (χ0n) is 8.65. The number of aromatic nitrogens is 3. The minimum atomic E-state index is -1.24. The summed E-state index contributed by atoms with van der Waals surface area (Å²) in [6, 6.07) is 0. The summed E-state index contributed by atoms with van der Waals surface area (Å²) < 4.78 is 5.13. The summed E-state index contributed by atoms with van der Waals surface area (Å²) in [5.74, 6) is -0.0383. The van der Waals surface area contributed by atoms with E-state index in [1.54, 1.807) is 0 Å². The number of aliphatic hydroxyl groups excluding tert-OH is 3. The Morgan fingerprint density at radius 1 is 1.47 bits per heavy atom. The second kappa shape index (κ2) is 4.75. The van der Waals surface area contributed by atoms with Crippen LogP contribution < -0.4 is 11.0 Å². The van der Waals surface area contributed by atoms with E-state index in [1.165, 1.54) is 0 Å². The maximum Gasteiger partial charge on any atom is 0.349 e. The van der Waals surface area contributed by atoms with Crippen molar-refractivity contribution in [2.45, 2.75) is 24.5 Å². The lowest BCUT2D eigenvalue weighted by atomic mass is 10.1. The zero-order chi connectivity index (χ0) is 12.4. The first kappa shape index (κ1) is 11.9. The summed E-state index contributed by atoms with van der Waals surface area (Å²) in [4.78, 5) is 20.3. The summed E-state index contributed by atoms with van der Waals surface area (Å²) in [6.45, 7) is -0.424. The van der Waals surface area contributed by atoms with Crippen molar-refractivity contribution in [3.05, 3.63) is 16.8 Å². The van der Waals surface area contributed by atoms with Crippen LogP contribution in [0, 0.1) is 0 Å². The normalized spacial score (nSPS) is 32.6. The van der Waals surface area contributed by atoms with Crippen LogP contribution in [-0.4, -0.2) is 61.4 Å². The SMILES string of the molecule is O=c1nc(NC2O[C@H](CO)[C@@H](O)[C@@H]2O)nc[nH]1. The lowest BCUT2D eigenvalue weighted by molar-refractivity contribution is -0.0154. The number of nitrogens with zero attached hydrogens (tertiary/aromatic N) is 2. The van der Waals surface area contributed by atoms with E-state index in [-0.39, 0.29) is 5.95 Å². The van der Waals surface area contributed by atoms with Crippen molar-refractivity contribution in [2.75, 3.05) is 11.9 Å². The first-order valence-corrected chi connectivity index (χ1v) is 4.92. The Bertz CT molecular complexity index is 438. The number of anilines is 1. The van der Waals surface area contributed by atoms with Gasteiger partial charge in [-0.3, -0.25) is 4.98 Å². The number of aliphatic hydroxyl groups is 3. The molecular weight excluding hydrogens is 232 g/mol. The van der Waals surface area contributed by atoms with Crippen LogP contribution in [0.15, 0.2) is 11.1 Å². The lowest BCUT2D eigenvalue weighted by Crippen LogP contribution is -2.37. The summed E-state index contributed by atoms with van der Waals surface area (Å²) in [7, 11) is 0. The van der Waals surface area contributed by atoms with Gasteiger partial charge >= 0.3 is 5.69 Å². The van der Waals surface area contributed by atoms with Crippen LogP contribution in [0.2, 0.25) is 0 Å². The van der Waals surface area contributed by atoms with E-state index >= 15 is 0 Å². The van der Waals surface area contributed by atoms with E-state index in [9.17, 15) is 15.0 Å². The number of aromatic amines is 1. The Labute approximate surface area is 95.1 Å². The van der Waals surface area contributed by atoms with Crippen LogP contribution in [0.1, 0.15) is 0 Å². The van der Waals surface area contributed by atoms with Crippen LogP contribution in [-0.2, 0) is 4.74 Å². The molecule has 2 rings (SSSR count). The molecule has 2 heterocycles. The molecule has 1 aromatic rings. The largest absolute Gasteiger partial charge is 0.394 e. The minimum absolute atomic E-state index is 0.0383. The first-order valence-electron chi connectivity index (χ1n) is 4.92. The molecular formula is C8H12N4O5. The van der Waals surface area contributed by atoms with Gasteiger partial charge in [-0.1, -0.05) is 0 Å². The smallest absolute Gasteiger partial charge is 0.349 e. The molecule has 0 aromatic carbocycles. The molecule has 1 unspecified atom stereocenters. The summed E-state index contributed by atoms with van der Waals surface area (Å²) in [5.41, 5.74) is -0.603. The molecule has 9 heteroatoms. The number of ether oxygens (including phenoxy) is 1. The number of hydrogen-bond donors (Lipinski definition) is 5. The van der Waals surface area contributed by atoms with Gasteiger partial charge in [0.2, 0.25) is 5.95 Å². The third-order valence-electron chi connectivity index (χ3n) is 2.40. The van der Waals surface area contributed by atoms with Crippen molar-refractivity contribution in [1.29, 1.82) is 0 Å². The van der Waals surface area contributed by atoms with Crippen LogP contribution in [0.25, 0.3) is 0 Å². The number of hydrogen-bond acceptors (Lipinski definition) is 8. The van der Waals surface area contributed by atoms with Crippen LogP contribution in [0.5, 0.6) is 0 Å². The Balaban J connectivity index is 2.07. The Morgan fingerprint density at radius 3 is 2.82 bits per heavy atom. The topological polar surface area (TPSA) is 141 Å². The van der Waals surface area contributed by atoms with Gasteiger partial charge in [-0.2, -0.15) is 4.98 Å². The Hall–Kier alpha value is -1.55.